The molecule has 0 atom stereocenters. The van der Waals surface area contributed by atoms with Crippen LogP contribution in [0.1, 0.15) is 5.56 Å². The van der Waals surface area contributed by atoms with Crippen molar-refractivity contribution in [1.82, 2.24) is 20.0 Å². The third-order valence-electron chi connectivity index (χ3n) is 4.44. The molecule has 1 aromatic carbocycles. The number of aromatic nitrogens is 2. The third-order valence-corrected chi connectivity index (χ3v) is 4.44. The minimum atomic E-state index is -0.157. The molecule has 1 aliphatic rings. The van der Waals surface area contributed by atoms with Crippen molar-refractivity contribution in [2.24, 2.45) is 12.0 Å². The minimum Gasteiger partial charge on any atom is -0.366 e. The highest BCUT2D eigenvalue weighted by Gasteiger charge is 2.21. The Labute approximate surface area is 171 Å². The van der Waals surface area contributed by atoms with E-state index in [1.165, 1.54) is 11.6 Å². The second-order valence-corrected chi connectivity index (χ2v) is 6.17. The maximum atomic E-state index is 13.9. The molecule has 1 N–H and O–H groups in total. The SMILES string of the molecule is CN=C(NCCc1cnn(C)c1)N1CCN(c2ccccc2F)CC1.I. The zero-order valence-corrected chi connectivity index (χ0v) is 17.6. The Morgan fingerprint density at radius 1 is 1.23 bits per heavy atom. The van der Waals surface area contributed by atoms with Crippen molar-refractivity contribution < 1.29 is 4.39 Å². The molecule has 2 aromatic rings. The van der Waals surface area contributed by atoms with E-state index in [0.717, 1.165) is 45.1 Å². The zero-order valence-electron chi connectivity index (χ0n) is 15.2. The molecule has 1 aromatic heterocycles. The van der Waals surface area contributed by atoms with Crippen molar-refractivity contribution in [3.63, 3.8) is 0 Å². The number of aryl methyl sites for hydroxylation is 1. The Bertz CT molecular complexity index is 724. The first-order valence-corrected chi connectivity index (χ1v) is 8.60. The molecular weight excluding hydrogens is 446 g/mol. The lowest BCUT2D eigenvalue weighted by atomic mass is 10.2. The summed E-state index contributed by atoms with van der Waals surface area (Å²) in [4.78, 5) is 8.70. The predicted molar refractivity (Wildman–Crippen MR) is 114 cm³/mol. The van der Waals surface area contributed by atoms with Crippen LogP contribution in [-0.2, 0) is 13.5 Å². The molecule has 3 rings (SSSR count). The Balaban J connectivity index is 0.00000243. The van der Waals surface area contributed by atoms with Gasteiger partial charge in [0.15, 0.2) is 5.96 Å². The molecule has 0 amide bonds. The number of anilines is 1. The Morgan fingerprint density at radius 3 is 2.58 bits per heavy atom. The molecule has 142 valence electrons. The summed E-state index contributed by atoms with van der Waals surface area (Å²) in [6.07, 6.45) is 4.82. The summed E-state index contributed by atoms with van der Waals surface area (Å²) in [7, 11) is 3.72. The molecule has 2 heterocycles. The van der Waals surface area contributed by atoms with Gasteiger partial charge in [-0.1, -0.05) is 12.1 Å². The van der Waals surface area contributed by atoms with Crippen LogP contribution in [0.5, 0.6) is 0 Å². The van der Waals surface area contributed by atoms with Crippen LogP contribution >= 0.6 is 24.0 Å². The van der Waals surface area contributed by atoms with Crippen molar-refractivity contribution in [3.8, 4) is 0 Å². The Morgan fingerprint density at radius 2 is 1.96 bits per heavy atom. The summed E-state index contributed by atoms with van der Waals surface area (Å²) < 4.78 is 15.7. The van der Waals surface area contributed by atoms with Crippen molar-refractivity contribution in [3.05, 3.63) is 48.0 Å². The zero-order chi connectivity index (χ0) is 17.6. The number of benzene rings is 1. The van der Waals surface area contributed by atoms with E-state index < -0.39 is 0 Å². The summed E-state index contributed by atoms with van der Waals surface area (Å²) in [6, 6.07) is 6.96. The molecule has 0 saturated carbocycles. The number of nitrogens with zero attached hydrogens (tertiary/aromatic N) is 5. The van der Waals surface area contributed by atoms with E-state index in [1.54, 1.807) is 13.1 Å². The first-order valence-electron chi connectivity index (χ1n) is 8.60. The first-order chi connectivity index (χ1) is 12.2. The van der Waals surface area contributed by atoms with Crippen LogP contribution in [0.3, 0.4) is 0 Å². The van der Waals surface area contributed by atoms with Gasteiger partial charge in [0.1, 0.15) is 5.82 Å². The lowest BCUT2D eigenvalue weighted by molar-refractivity contribution is 0.371. The van der Waals surface area contributed by atoms with Crippen LogP contribution in [0.2, 0.25) is 0 Å². The summed E-state index contributed by atoms with van der Waals surface area (Å²) in [5, 5.41) is 7.59. The van der Waals surface area contributed by atoms with Crippen LogP contribution in [0, 0.1) is 5.82 Å². The normalized spacial score (nSPS) is 15.0. The molecular formula is C18H26FIN6. The maximum absolute atomic E-state index is 13.9. The van der Waals surface area contributed by atoms with Crippen LogP contribution in [-0.4, -0.2) is 60.4 Å². The number of hydrogen-bond acceptors (Lipinski definition) is 3. The van der Waals surface area contributed by atoms with Gasteiger partial charge >= 0.3 is 0 Å². The Hall–Kier alpha value is -1.84. The van der Waals surface area contributed by atoms with E-state index in [-0.39, 0.29) is 29.8 Å². The van der Waals surface area contributed by atoms with Gasteiger partial charge in [0.25, 0.3) is 0 Å². The van der Waals surface area contributed by atoms with Crippen molar-refractivity contribution in [2.75, 3.05) is 44.7 Å². The van der Waals surface area contributed by atoms with Gasteiger partial charge in [0.2, 0.25) is 0 Å². The average molecular weight is 472 g/mol. The van der Waals surface area contributed by atoms with E-state index in [0.29, 0.717) is 5.69 Å². The smallest absolute Gasteiger partial charge is 0.193 e. The van der Waals surface area contributed by atoms with Gasteiger partial charge in [-0.05, 0) is 24.1 Å². The van der Waals surface area contributed by atoms with Crippen LogP contribution < -0.4 is 10.2 Å². The summed E-state index contributed by atoms with van der Waals surface area (Å²) in [5.74, 6) is 0.743. The number of rotatable bonds is 4. The lowest BCUT2D eigenvalue weighted by Crippen LogP contribution is -2.53. The van der Waals surface area contributed by atoms with E-state index in [4.69, 9.17) is 0 Å². The van der Waals surface area contributed by atoms with Gasteiger partial charge in [-0.3, -0.25) is 9.67 Å². The number of aliphatic imine (C=N–C) groups is 1. The van der Waals surface area contributed by atoms with E-state index >= 15 is 0 Å². The van der Waals surface area contributed by atoms with E-state index in [9.17, 15) is 4.39 Å². The number of hydrogen-bond donors (Lipinski definition) is 1. The molecule has 0 spiro atoms. The minimum absolute atomic E-state index is 0. The fourth-order valence-corrected chi connectivity index (χ4v) is 3.12. The number of nitrogens with one attached hydrogen (secondary N) is 1. The van der Waals surface area contributed by atoms with Gasteiger partial charge in [-0.25, -0.2) is 4.39 Å². The van der Waals surface area contributed by atoms with Crippen LogP contribution in [0.15, 0.2) is 41.7 Å². The molecule has 26 heavy (non-hydrogen) atoms. The summed E-state index contributed by atoms with van der Waals surface area (Å²) in [6.45, 7) is 4.02. The number of halogens is 2. The second kappa shape index (κ2) is 9.75. The third kappa shape index (κ3) is 5.09. The molecule has 1 aliphatic heterocycles. The fourth-order valence-electron chi connectivity index (χ4n) is 3.12. The van der Waals surface area contributed by atoms with Gasteiger partial charge in [0.05, 0.1) is 11.9 Å². The van der Waals surface area contributed by atoms with Crippen molar-refractivity contribution >= 4 is 35.6 Å². The van der Waals surface area contributed by atoms with E-state index in [1.807, 2.05) is 36.3 Å². The fraction of sp³-hybridized carbons (Fsp3) is 0.444. The van der Waals surface area contributed by atoms with Gasteiger partial charge < -0.3 is 15.1 Å². The van der Waals surface area contributed by atoms with E-state index in [2.05, 4.69) is 25.2 Å². The largest absolute Gasteiger partial charge is 0.366 e. The van der Waals surface area contributed by atoms with Gasteiger partial charge in [0, 0.05) is 53.0 Å². The average Bonchev–Trinajstić information content (AvgIpc) is 3.05. The Kier molecular flexibility index (Phi) is 7.67. The van der Waals surface area contributed by atoms with Crippen LogP contribution in [0.25, 0.3) is 0 Å². The standard InChI is InChI=1S/C18H25FN6.HI/c1-20-18(21-8-7-15-13-22-23(2)14-15)25-11-9-24(10-12-25)17-6-4-3-5-16(17)19;/h3-6,13-14H,7-12H2,1-2H3,(H,20,21);1H. The van der Waals surface area contributed by atoms with Crippen molar-refractivity contribution in [2.45, 2.75) is 6.42 Å². The highest BCUT2D eigenvalue weighted by atomic mass is 127. The molecule has 6 nitrogen and oxygen atoms in total. The molecule has 8 heteroatoms. The topological polar surface area (TPSA) is 48.7 Å². The molecule has 0 unspecified atom stereocenters. The molecule has 1 fully saturated rings. The molecule has 0 bridgehead atoms. The first kappa shape index (κ1) is 20.5. The highest BCUT2D eigenvalue weighted by molar-refractivity contribution is 14.0. The van der Waals surface area contributed by atoms with Crippen LogP contribution in [0.4, 0.5) is 10.1 Å². The molecule has 0 aliphatic carbocycles. The summed E-state index contributed by atoms with van der Waals surface area (Å²) >= 11 is 0. The highest BCUT2D eigenvalue weighted by Crippen LogP contribution is 2.20. The number of guanidine groups is 1. The molecule has 1 saturated heterocycles. The molecule has 0 radical (unpaired) electrons. The lowest BCUT2D eigenvalue weighted by Gasteiger charge is -2.37. The van der Waals surface area contributed by atoms with Gasteiger partial charge in [-0.2, -0.15) is 5.10 Å². The number of para-hydroxylation sites is 1. The maximum Gasteiger partial charge on any atom is 0.193 e. The second-order valence-electron chi connectivity index (χ2n) is 6.17. The summed E-state index contributed by atoms with van der Waals surface area (Å²) in [5.41, 5.74) is 1.89. The predicted octanol–water partition coefficient (Wildman–Crippen LogP) is 2.12. The van der Waals surface area contributed by atoms with Gasteiger partial charge in [-0.15, -0.1) is 24.0 Å². The monoisotopic (exact) mass is 472 g/mol. The number of piperazine rings is 1. The van der Waals surface area contributed by atoms with Crippen molar-refractivity contribution in [1.29, 1.82) is 0 Å². The quantitative estimate of drug-likeness (QED) is 0.421.